The van der Waals surface area contributed by atoms with Crippen LogP contribution in [0.2, 0.25) is 0 Å². The molecule has 36 heavy (non-hydrogen) atoms. The fourth-order valence-corrected chi connectivity index (χ4v) is 5.19. The van der Waals surface area contributed by atoms with Crippen LogP contribution in [0, 0.1) is 16.0 Å². The van der Waals surface area contributed by atoms with Crippen LogP contribution in [0.25, 0.3) is 0 Å². The Balaban J connectivity index is 1.80. The SMILES string of the molecule is COC(=O)C1C(C)=NC(C)=C(C(=O)[C@@]2(O)CO[C@@H]3[C@@H](OC(C)=O)CO[C@@H]32)C1c1cccc([N+](=O)[O-])c1. The van der Waals surface area contributed by atoms with Gasteiger partial charge < -0.3 is 24.1 Å². The number of hydrogen-bond acceptors (Lipinski definition) is 11. The zero-order valence-corrected chi connectivity index (χ0v) is 20.1. The molecule has 3 aliphatic heterocycles. The van der Waals surface area contributed by atoms with E-state index in [-0.39, 0.29) is 23.6 Å². The minimum Gasteiger partial charge on any atom is -0.468 e. The molecule has 0 bridgehead atoms. The molecule has 1 aromatic carbocycles. The molecule has 0 amide bonds. The lowest BCUT2D eigenvalue weighted by Crippen LogP contribution is -2.53. The third kappa shape index (κ3) is 4.21. The van der Waals surface area contributed by atoms with Crippen LogP contribution in [0.4, 0.5) is 5.69 Å². The molecule has 0 spiro atoms. The van der Waals surface area contributed by atoms with E-state index in [9.17, 15) is 29.6 Å². The van der Waals surface area contributed by atoms with E-state index in [1.165, 1.54) is 32.2 Å². The van der Waals surface area contributed by atoms with Gasteiger partial charge in [-0.15, -0.1) is 0 Å². The van der Waals surface area contributed by atoms with Crippen LogP contribution in [0.5, 0.6) is 0 Å². The fourth-order valence-electron chi connectivity index (χ4n) is 5.19. The van der Waals surface area contributed by atoms with Gasteiger partial charge in [-0.3, -0.25) is 29.5 Å². The molecule has 2 unspecified atom stereocenters. The molecule has 0 saturated carbocycles. The molecule has 3 heterocycles. The lowest BCUT2D eigenvalue weighted by molar-refractivity contribution is -0.384. The number of methoxy groups -OCH3 is 1. The van der Waals surface area contributed by atoms with E-state index in [0.717, 1.165) is 0 Å². The van der Waals surface area contributed by atoms with Crippen LogP contribution < -0.4 is 0 Å². The molecule has 12 heteroatoms. The normalized spacial score (nSPS) is 31.5. The third-order valence-electron chi connectivity index (χ3n) is 6.75. The predicted octanol–water partition coefficient (Wildman–Crippen LogP) is 1.25. The Bertz CT molecular complexity index is 1190. The number of hydrogen-bond donors (Lipinski definition) is 1. The maximum atomic E-state index is 14.0. The standard InChI is InChI=1S/C24H26N2O10/c1-11-17(21(28)24(30)10-35-20-16(36-13(3)27)9-34-22(20)24)19(18(12(2)25-11)23(29)33-4)14-6-5-7-15(8-14)26(31)32/h5-8,16,18-20,22,30H,9-10H2,1-4H3/t16-,18?,19?,20+,22-,24-/m0/s1. The van der Waals surface area contributed by atoms with Crippen molar-refractivity contribution >= 4 is 29.1 Å². The first-order valence-corrected chi connectivity index (χ1v) is 11.2. The van der Waals surface area contributed by atoms with E-state index < -0.39 is 65.0 Å². The van der Waals surface area contributed by atoms with Gasteiger partial charge in [0.2, 0.25) is 0 Å². The molecule has 2 saturated heterocycles. The van der Waals surface area contributed by atoms with Gasteiger partial charge in [-0.05, 0) is 19.4 Å². The van der Waals surface area contributed by atoms with Gasteiger partial charge in [-0.25, -0.2) is 0 Å². The van der Waals surface area contributed by atoms with Gasteiger partial charge in [0.05, 0.1) is 25.2 Å². The van der Waals surface area contributed by atoms with Crippen molar-refractivity contribution in [2.75, 3.05) is 20.3 Å². The van der Waals surface area contributed by atoms with Gasteiger partial charge in [-0.1, -0.05) is 12.1 Å². The lowest BCUT2D eigenvalue weighted by Gasteiger charge is -2.35. The van der Waals surface area contributed by atoms with Gasteiger partial charge in [0.15, 0.2) is 17.5 Å². The van der Waals surface area contributed by atoms with Crippen LogP contribution in [0.15, 0.2) is 40.5 Å². The van der Waals surface area contributed by atoms with Crippen LogP contribution in [0.1, 0.15) is 32.3 Å². The summed E-state index contributed by atoms with van der Waals surface area (Å²) in [7, 11) is 1.19. The van der Waals surface area contributed by atoms with Crippen molar-refractivity contribution in [3.05, 3.63) is 51.2 Å². The molecule has 6 atom stereocenters. The summed E-state index contributed by atoms with van der Waals surface area (Å²) in [6.45, 7) is 3.88. The van der Waals surface area contributed by atoms with Gasteiger partial charge in [-0.2, -0.15) is 0 Å². The van der Waals surface area contributed by atoms with Crippen molar-refractivity contribution in [3.63, 3.8) is 0 Å². The van der Waals surface area contributed by atoms with Gasteiger partial charge in [0, 0.05) is 42.0 Å². The highest BCUT2D eigenvalue weighted by atomic mass is 16.6. The number of allylic oxidation sites excluding steroid dienone is 1. The largest absolute Gasteiger partial charge is 0.468 e. The number of benzene rings is 1. The van der Waals surface area contributed by atoms with Gasteiger partial charge in [0.25, 0.3) is 5.69 Å². The minimum absolute atomic E-state index is 0.0113. The molecular formula is C24H26N2O10. The average Bonchev–Trinajstić information content (AvgIpc) is 3.39. The summed E-state index contributed by atoms with van der Waals surface area (Å²) in [6.07, 6.45) is -2.80. The Morgan fingerprint density at radius 2 is 1.97 bits per heavy atom. The van der Waals surface area contributed by atoms with Gasteiger partial charge in [0.1, 0.15) is 18.1 Å². The summed E-state index contributed by atoms with van der Waals surface area (Å²) in [5.74, 6) is -4.14. The number of Topliss-reactive ketones (excluding diaryl/α,β-unsaturated/α-hetero) is 1. The van der Waals surface area contributed by atoms with Crippen LogP contribution in [-0.2, 0) is 33.3 Å². The highest BCUT2D eigenvalue weighted by molar-refractivity contribution is 6.11. The molecule has 1 aromatic rings. The first kappa shape index (κ1) is 25.6. The second-order valence-electron chi connectivity index (χ2n) is 9.01. The lowest BCUT2D eigenvalue weighted by atomic mass is 9.71. The summed E-state index contributed by atoms with van der Waals surface area (Å²) in [5.41, 5.74) is -1.51. The quantitative estimate of drug-likeness (QED) is 0.340. The fraction of sp³-hybridized carbons (Fsp3) is 0.500. The Hall–Kier alpha value is -3.48. The predicted molar refractivity (Wildman–Crippen MR) is 122 cm³/mol. The zero-order chi connectivity index (χ0) is 26.4. The number of nitro benzene ring substituents is 1. The number of rotatable bonds is 6. The topological polar surface area (TPSA) is 164 Å². The molecule has 0 aromatic heterocycles. The molecule has 12 nitrogen and oxygen atoms in total. The monoisotopic (exact) mass is 502 g/mol. The number of non-ortho nitro benzene ring substituents is 1. The van der Waals surface area contributed by atoms with Crippen molar-refractivity contribution in [1.82, 2.24) is 0 Å². The maximum absolute atomic E-state index is 14.0. The number of nitro groups is 1. The highest BCUT2D eigenvalue weighted by Gasteiger charge is 2.62. The average molecular weight is 502 g/mol. The van der Waals surface area contributed by atoms with Gasteiger partial charge >= 0.3 is 11.9 Å². The minimum atomic E-state index is -2.17. The third-order valence-corrected chi connectivity index (χ3v) is 6.75. The molecular weight excluding hydrogens is 476 g/mol. The summed E-state index contributed by atoms with van der Waals surface area (Å²) >= 11 is 0. The molecule has 1 N–H and O–H groups in total. The van der Waals surface area contributed by atoms with Crippen LogP contribution in [0.3, 0.4) is 0 Å². The number of fused-ring (bicyclic) bond motifs is 1. The maximum Gasteiger partial charge on any atom is 0.315 e. The van der Waals surface area contributed by atoms with Crippen molar-refractivity contribution in [2.24, 2.45) is 10.9 Å². The summed E-state index contributed by atoms with van der Waals surface area (Å²) < 4.78 is 21.5. The number of aliphatic imine (C=N–C) groups is 1. The van der Waals surface area contributed by atoms with Crippen LogP contribution >= 0.6 is 0 Å². The summed E-state index contributed by atoms with van der Waals surface area (Å²) in [4.78, 5) is 53.6. The Morgan fingerprint density at radius 3 is 2.61 bits per heavy atom. The molecule has 0 radical (unpaired) electrons. The summed E-state index contributed by atoms with van der Waals surface area (Å²) in [5, 5.41) is 23.0. The highest BCUT2D eigenvalue weighted by Crippen LogP contribution is 2.45. The molecule has 2 fully saturated rings. The molecule has 4 rings (SSSR count). The zero-order valence-electron chi connectivity index (χ0n) is 20.1. The number of ketones is 1. The van der Waals surface area contributed by atoms with E-state index in [1.807, 2.05) is 0 Å². The first-order chi connectivity index (χ1) is 17.0. The number of aliphatic hydroxyl groups is 1. The molecule has 3 aliphatic rings. The van der Waals surface area contributed by atoms with E-state index >= 15 is 0 Å². The van der Waals surface area contributed by atoms with Crippen molar-refractivity contribution in [1.29, 1.82) is 0 Å². The van der Waals surface area contributed by atoms with E-state index in [0.29, 0.717) is 11.3 Å². The van der Waals surface area contributed by atoms with E-state index in [1.54, 1.807) is 19.9 Å². The Kier molecular flexibility index (Phi) is 6.78. The van der Waals surface area contributed by atoms with E-state index in [4.69, 9.17) is 18.9 Å². The first-order valence-electron chi connectivity index (χ1n) is 11.2. The Morgan fingerprint density at radius 1 is 1.25 bits per heavy atom. The molecule has 192 valence electrons. The number of nitrogens with zero attached hydrogens (tertiary/aromatic N) is 2. The van der Waals surface area contributed by atoms with Crippen molar-refractivity contribution < 1.29 is 43.4 Å². The number of carbonyl (C=O) groups is 3. The smallest absolute Gasteiger partial charge is 0.315 e. The number of esters is 2. The number of carbonyl (C=O) groups excluding carboxylic acids is 3. The van der Waals surface area contributed by atoms with Crippen molar-refractivity contribution in [2.45, 2.75) is 50.6 Å². The number of ether oxygens (including phenoxy) is 4. The molecule has 0 aliphatic carbocycles. The van der Waals surface area contributed by atoms with E-state index in [2.05, 4.69) is 4.99 Å². The summed E-state index contributed by atoms with van der Waals surface area (Å²) in [6, 6.07) is 5.59. The second kappa shape index (κ2) is 9.52. The second-order valence-corrected chi connectivity index (χ2v) is 9.01. The Labute approximate surface area is 206 Å². The van der Waals surface area contributed by atoms with Crippen LogP contribution in [-0.4, -0.2) is 77.7 Å². The van der Waals surface area contributed by atoms with Crippen molar-refractivity contribution in [3.8, 4) is 0 Å².